The Morgan fingerprint density at radius 3 is 2.59 bits per heavy atom. The fraction of sp³-hybridized carbons (Fsp3) is 0.143. The van der Waals surface area contributed by atoms with Crippen LogP contribution < -0.4 is 21.9 Å². The van der Waals surface area contributed by atoms with Gasteiger partial charge in [-0.1, -0.05) is 36.4 Å². The molecule has 29 heavy (non-hydrogen) atoms. The Hall–Kier alpha value is -3.94. The van der Waals surface area contributed by atoms with Crippen molar-refractivity contribution in [2.24, 2.45) is 0 Å². The van der Waals surface area contributed by atoms with Crippen molar-refractivity contribution in [3.8, 4) is 0 Å². The van der Waals surface area contributed by atoms with Crippen LogP contribution in [-0.2, 0) is 24.4 Å². The Balaban J connectivity index is 1.56. The first-order valence-electron chi connectivity index (χ1n) is 9.07. The van der Waals surface area contributed by atoms with Crippen LogP contribution in [0.5, 0.6) is 0 Å². The molecule has 8 nitrogen and oxygen atoms in total. The summed E-state index contributed by atoms with van der Waals surface area (Å²) < 4.78 is 2.28. The predicted molar refractivity (Wildman–Crippen MR) is 107 cm³/mol. The minimum atomic E-state index is -0.563. The molecule has 1 aliphatic heterocycles. The third-order valence-corrected chi connectivity index (χ3v) is 4.76. The van der Waals surface area contributed by atoms with Gasteiger partial charge in [0.25, 0.3) is 11.5 Å². The molecule has 0 unspecified atom stereocenters. The van der Waals surface area contributed by atoms with Crippen molar-refractivity contribution in [2.45, 2.75) is 19.6 Å². The first kappa shape index (κ1) is 18.4. The zero-order chi connectivity index (χ0) is 20.4. The second-order valence-corrected chi connectivity index (χ2v) is 6.70. The van der Waals surface area contributed by atoms with Crippen LogP contribution in [0.25, 0.3) is 0 Å². The minimum absolute atomic E-state index is 0.195. The van der Waals surface area contributed by atoms with Gasteiger partial charge in [0.05, 0.1) is 6.54 Å². The van der Waals surface area contributed by atoms with Gasteiger partial charge in [0.15, 0.2) is 0 Å². The maximum Gasteiger partial charge on any atom is 0.331 e. The maximum absolute atomic E-state index is 12.7. The van der Waals surface area contributed by atoms with E-state index in [2.05, 4.69) is 10.6 Å². The standard InChI is InChI=1S/C21H18N4O4/c26-18(23-17-8-4-7-15-16(17)11-22-20(15)28)13-25-19(27)9-10-24(21(25)29)12-14-5-2-1-3-6-14/h1-10H,11-13H2,(H,22,28)(H,23,26). The van der Waals surface area contributed by atoms with Crippen LogP contribution in [0.3, 0.4) is 0 Å². The van der Waals surface area contributed by atoms with E-state index in [0.29, 0.717) is 29.9 Å². The van der Waals surface area contributed by atoms with E-state index in [1.54, 1.807) is 18.2 Å². The number of anilines is 1. The second kappa shape index (κ2) is 7.59. The summed E-state index contributed by atoms with van der Waals surface area (Å²) >= 11 is 0. The quantitative estimate of drug-likeness (QED) is 0.677. The highest BCUT2D eigenvalue weighted by Crippen LogP contribution is 2.24. The number of carbonyl (C=O) groups is 2. The Morgan fingerprint density at radius 2 is 1.79 bits per heavy atom. The molecule has 2 heterocycles. The van der Waals surface area contributed by atoms with Crippen molar-refractivity contribution in [2.75, 3.05) is 5.32 Å². The molecule has 146 valence electrons. The number of amides is 2. The molecule has 0 saturated carbocycles. The van der Waals surface area contributed by atoms with Gasteiger partial charge in [-0.25, -0.2) is 4.79 Å². The molecule has 8 heteroatoms. The number of benzene rings is 2. The van der Waals surface area contributed by atoms with Crippen LogP contribution in [0.2, 0.25) is 0 Å². The van der Waals surface area contributed by atoms with Crippen molar-refractivity contribution >= 4 is 17.5 Å². The van der Waals surface area contributed by atoms with E-state index in [0.717, 1.165) is 10.1 Å². The lowest BCUT2D eigenvalue weighted by Gasteiger charge is -2.12. The van der Waals surface area contributed by atoms with E-state index >= 15 is 0 Å². The number of nitrogens with one attached hydrogen (secondary N) is 2. The van der Waals surface area contributed by atoms with E-state index in [1.165, 1.54) is 16.8 Å². The molecule has 1 aliphatic rings. The minimum Gasteiger partial charge on any atom is -0.348 e. The average Bonchev–Trinajstić information content (AvgIpc) is 3.10. The average molecular weight is 390 g/mol. The van der Waals surface area contributed by atoms with Gasteiger partial charge in [0, 0.05) is 35.6 Å². The van der Waals surface area contributed by atoms with Crippen molar-refractivity contribution in [3.63, 3.8) is 0 Å². The zero-order valence-corrected chi connectivity index (χ0v) is 15.4. The molecule has 1 aromatic heterocycles. The molecule has 3 aromatic rings. The molecular weight excluding hydrogens is 372 g/mol. The molecule has 0 aliphatic carbocycles. The van der Waals surface area contributed by atoms with Crippen LogP contribution in [0.15, 0.2) is 70.4 Å². The Kier molecular flexibility index (Phi) is 4.82. The largest absolute Gasteiger partial charge is 0.348 e. The third-order valence-electron chi connectivity index (χ3n) is 4.76. The first-order chi connectivity index (χ1) is 14.0. The molecule has 0 atom stereocenters. The van der Waals surface area contributed by atoms with Crippen molar-refractivity contribution in [1.29, 1.82) is 0 Å². The number of fused-ring (bicyclic) bond motifs is 1. The highest BCUT2D eigenvalue weighted by molar-refractivity contribution is 6.02. The van der Waals surface area contributed by atoms with Crippen LogP contribution in [0, 0.1) is 0 Å². The number of hydrogen-bond donors (Lipinski definition) is 2. The molecule has 0 spiro atoms. The summed E-state index contributed by atoms with van der Waals surface area (Å²) in [5, 5.41) is 5.39. The summed E-state index contributed by atoms with van der Waals surface area (Å²) in [6.45, 7) is 0.194. The van der Waals surface area contributed by atoms with Crippen LogP contribution in [0.1, 0.15) is 21.5 Å². The van der Waals surface area contributed by atoms with Gasteiger partial charge in [-0.2, -0.15) is 0 Å². The topological polar surface area (TPSA) is 102 Å². The number of aromatic nitrogens is 2. The van der Waals surface area contributed by atoms with Gasteiger partial charge in [0.2, 0.25) is 5.91 Å². The molecule has 0 saturated heterocycles. The number of carbonyl (C=O) groups excluding carboxylic acids is 2. The van der Waals surface area contributed by atoms with Gasteiger partial charge in [-0.3, -0.25) is 23.5 Å². The fourth-order valence-electron chi connectivity index (χ4n) is 3.31. The second-order valence-electron chi connectivity index (χ2n) is 6.70. The maximum atomic E-state index is 12.7. The number of nitrogens with zero attached hydrogens (tertiary/aromatic N) is 2. The first-order valence-corrected chi connectivity index (χ1v) is 9.07. The molecule has 2 N–H and O–H groups in total. The highest BCUT2D eigenvalue weighted by atomic mass is 16.2. The van der Waals surface area contributed by atoms with E-state index in [1.807, 2.05) is 30.3 Å². The van der Waals surface area contributed by atoms with Crippen LogP contribution >= 0.6 is 0 Å². The molecule has 2 amide bonds. The molecule has 0 radical (unpaired) electrons. The zero-order valence-electron chi connectivity index (χ0n) is 15.4. The molecule has 0 bridgehead atoms. The number of hydrogen-bond acceptors (Lipinski definition) is 4. The van der Waals surface area contributed by atoms with Crippen LogP contribution in [0.4, 0.5) is 5.69 Å². The third kappa shape index (κ3) is 3.73. The lowest BCUT2D eigenvalue weighted by Crippen LogP contribution is -2.41. The normalized spacial score (nSPS) is 12.3. The fourth-order valence-corrected chi connectivity index (χ4v) is 3.31. The van der Waals surface area contributed by atoms with E-state index in [9.17, 15) is 19.2 Å². The molecule has 0 fully saturated rings. The summed E-state index contributed by atoms with van der Waals surface area (Å²) in [5.74, 6) is -0.714. The molecule has 4 rings (SSSR count). The molecule has 2 aromatic carbocycles. The summed E-state index contributed by atoms with van der Waals surface area (Å²) in [7, 11) is 0. The highest BCUT2D eigenvalue weighted by Gasteiger charge is 2.22. The van der Waals surface area contributed by atoms with Crippen molar-refractivity contribution in [1.82, 2.24) is 14.5 Å². The monoisotopic (exact) mass is 390 g/mol. The van der Waals surface area contributed by atoms with E-state index < -0.39 is 23.7 Å². The SMILES string of the molecule is O=C(Cn1c(=O)ccn(Cc2ccccc2)c1=O)Nc1cccc2c1CNC2=O. The van der Waals surface area contributed by atoms with Crippen molar-refractivity contribution < 1.29 is 9.59 Å². The smallest absolute Gasteiger partial charge is 0.331 e. The summed E-state index contributed by atoms with van der Waals surface area (Å²) in [6.07, 6.45) is 1.42. The number of rotatable bonds is 5. The van der Waals surface area contributed by atoms with E-state index in [4.69, 9.17) is 0 Å². The Bertz CT molecular complexity index is 1210. The Morgan fingerprint density at radius 1 is 1.00 bits per heavy atom. The van der Waals surface area contributed by atoms with Crippen LogP contribution in [-0.4, -0.2) is 20.9 Å². The Labute approximate surface area is 165 Å². The van der Waals surface area contributed by atoms with Gasteiger partial charge in [0.1, 0.15) is 6.54 Å². The van der Waals surface area contributed by atoms with Gasteiger partial charge in [-0.05, 0) is 17.7 Å². The van der Waals surface area contributed by atoms with E-state index in [-0.39, 0.29) is 5.91 Å². The lowest BCUT2D eigenvalue weighted by molar-refractivity contribution is -0.116. The van der Waals surface area contributed by atoms with Crippen molar-refractivity contribution in [3.05, 3.63) is 98.3 Å². The van der Waals surface area contributed by atoms with Gasteiger partial charge >= 0.3 is 5.69 Å². The predicted octanol–water partition coefficient (Wildman–Crippen LogP) is 0.940. The summed E-state index contributed by atoms with van der Waals surface area (Å²) in [4.78, 5) is 49.2. The van der Waals surface area contributed by atoms with Gasteiger partial charge in [-0.15, -0.1) is 0 Å². The van der Waals surface area contributed by atoms with Gasteiger partial charge < -0.3 is 10.6 Å². The lowest BCUT2D eigenvalue weighted by atomic mass is 10.1. The summed E-state index contributed by atoms with van der Waals surface area (Å²) in [6, 6.07) is 15.6. The summed E-state index contributed by atoms with van der Waals surface area (Å²) in [5.41, 5.74) is 1.47. The molecular formula is C21H18N4O4.